The second-order valence-corrected chi connectivity index (χ2v) is 4.52. The molecule has 0 saturated carbocycles. The lowest BCUT2D eigenvalue weighted by molar-refractivity contribution is 0.617. The molecule has 3 rings (SSSR count). The van der Waals surface area contributed by atoms with Crippen LogP contribution in [0.5, 0.6) is 0 Å². The fraction of sp³-hybridized carbons (Fsp3) is 0.300. The Balaban J connectivity index is 0.000000510. The quantitative estimate of drug-likeness (QED) is 0.480. The maximum Gasteiger partial charge on any atom is 0.134 e. The Kier molecular flexibility index (Phi) is 6.74. The van der Waals surface area contributed by atoms with Crippen LogP contribution in [-0.4, -0.2) is 0 Å². The fourth-order valence-corrected chi connectivity index (χ4v) is 2.10. The first-order chi connectivity index (χ1) is 10.2. The lowest BCUT2D eigenvalue weighted by Gasteiger charge is -2.00. The van der Waals surface area contributed by atoms with Gasteiger partial charge in [-0.1, -0.05) is 69.2 Å². The summed E-state index contributed by atoms with van der Waals surface area (Å²) in [4.78, 5) is 0. The molecule has 0 bridgehead atoms. The highest BCUT2D eigenvalue weighted by atomic mass is 16.3. The largest absolute Gasteiger partial charge is 0.464 e. The molecule has 0 unspecified atom stereocenters. The topological polar surface area (TPSA) is 13.1 Å². The number of rotatable bonds is 1. The summed E-state index contributed by atoms with van der Waals surface area (Å²) in [5, 5.41) is 1.19. The first-order valence-corrected chi connectivity index (χ1v) is 7.79. The van der Waals surface area contributed by atoms with E-state index in [0.717, 1.165) is 5.58 Å². The molecule has 0 N–H and O–H groups in total. The third kappa shape index (κ3) is 3.98. The molecule has 0 spiro atoms. The van der Waals surface area contributed by atoms with E-state index in [9.17, 15) is 0 Å². The highest BCUT2D eigenvalue weighted by molar-refractivity contribution is 5.94. The molecular formula is C20H26O. The zero-order chi connectivity index (χ0) is 15.8. The molecule has 1 heterocycles. The van der Waals surface area contributed by atoms with Gasteiger partial charge in [-0.3, -0.25) is 0 Å². The summed E-state index contributed by atoms with van der Waals surface area (Å²) >= 11 is 0. The molecule has 0 aliphatic carbocycles. The van der Waals surface area contributed by atoms with Crippen molar-refractivity contribution in [2.24, 2.45) is 0 Å². The third-order valence-electron chi connectivity index (χ3n) is 3.09. The van der Waals surface area contributed by atoms with Crippen LogP contribution in [-0.2, 0) is 0 Å². The zero-order valence-corrected chi connectivity index (χ0v) is 14.0. The van der Waals surface area contributed by atoms with Crippen LogP contribution in [0.3, 0.4) is 0 Å². The number of fused-ring (bicyclic) bond motifs is 1. The third-order valence-corrected chi connectivity index (χ3v) is 3.09. The molecule has 0 amide bonds. The summed E-state index contributed by atoms with van der Waals surface area (Å²) in [5.41, 5.74) is 5.86. The van der Waals surface area contributed by atoms with E-state index in [1.54, 1.807) is 0 Å². The van der Waals surface area contributed by atoms with E-state index in [4.69, 9.17) is 4.42 Å². The zero-order valence-electron chi connectivity index (χ0n) is 14.0. The minimum atomic E-state index is 0.950. The second kappa shape index (κ2) is 8.31. The summed E-state index contributed by atoms with van der Waals surface area (Å²) in [5.74, 6) is 0. The van der Waals surface area contributed by atoms with Crippen molar-refractivity contribution in [2.75, 3.05) is 0 Å². The minimum absolute atomic E-state index is 0.950. The molecule has 1 nitrogen and oxygen atoms in total. The van der Waals surface area contributed by atoms with E-state index in [1.807, 2.05) is 40.0 Å². The van der Waals surface area contributed by atoms with Crippen molar-refractivity contribution >= 4 is 11.0 Å². The van der Waals surface area contributed by atoms with Crippen LogP contribution in [0.1, 0.15) is 38.8 Å². The van der Waals surface area contributed by atoms with E-state index in [2.05, 4.69) is 50.2 Å². The average Bonchev–Trinajstić information content (AvgIpc) is 2.95. The average molecular weight is 282 g/mol. The van der Waals surface area contributed by atoms with Crippen molar-refractivity contribution in [3.05, 3.63) is 59.9 Å². The maximum absolute atomic E-state index is 5.59. The van der Waals surface area contributed by atoms with Crippen LogP contribution in [0, 0.1) is 13.8 Å². The van der Waals surface area contributed by atoms with Crippen LogP contribution in [0.2, 0.25) is 0 Å². The lowest BCUT2D eigenvalue weighted by atomic mass is 10.0. The molecule has 2 aromatic carbocycles. The van der Waals surface area contributed by atoms with Gasteiger partial charge in [0.25, 0.3) is 0 Å². The molecule has 0 fully saturated rings. The van der Waals surface area contributed by atoms with Crippen LogP contribution in [0.25, 0.3) is 22.1 Å². The predicted octanol–water partition coefficient (Wildman–Crippen LogP) is 6.77. The van der Waals surface area contributed by atoms with E-state index in [0.29, 0.717) is 0 Å². The van der Waals surface area contributed by atoms with Crippen LogP contribution < -0.4 is 0 Å². The van der Waals surface area contributed by atoms with Gasteiger partial charge < -0.3 is 4.42 Å². The van der Waals surface area contributed by atoms with Gasteiger partial charge in [0.2, 0.25) is 0 Å². The summed E-state index contributed by atoms with van der Waals surface area (Å²) in [6.07, 6.45) is 1.84. The Morgan fingerprint density at radius 1 is 0.714 bits per heavy atom. The number of furan rings is 1. The molecule has 1 aromatic heterocycles. The number of aryl methyl sites for hydroxylation is 2. The van der Waals surface area contributed by atoms with Crippen molar-refractivity contribution in [1.29, 1.82) is 0 Å². The summed E-state index contributed by atoms with van der Waals surface area (Å²) in [6, 6.07) is 14.8. The molecule has 0 saturated heterocycles. The van der Waals surface area contributed by atoms with Gasteiger partial charge in [-0.15, -0.1) is 0 Å². The Bertz CT molecular complexity index is 660. The highest BCUT2D eigenvalue weighted by Crippen LogP contribution is 2.31. The van der Waals surface area contributed by atoms with Gasteiger partial charge in [0.15, 0.2) is 0 Å². The monoisotopic (exact) mass is 282 g/mol. The van der Waals surface area contributed by atoms with Crippen LogP contribution in [0.15, 0.2) is 53.1 Å². The molecule has 21 heavy (non-hydrogen) atoms. The molecular weight excluding hydrogens is 256 g/mol. The molecule has 3 aromatic rings. The molecule has 0 aliphatic heterocycles. The van der Waals surface area contributed by atoms with Crippen molar-refractivity contribution in [1.82, 2.24) is 0 Å². The Morgan fingerprint density at radius 3 is 1.90 bits per heavy atom. The molecule has 0 aliphatic rings. The van der Waals surface area contributed by atoms with Crippen LogP contribution in [0.4, 0.5) is 0 Å². The van der Waals surface area contributed by atoms with Crippen molar-refractivity contribution in [2.45, 2.75) is 41.5 Å². The first-order valence-electron chi connectivity index (χ1n) is 7.79. The van der Waals surface area contributed by atoms with E-state index in [1.165, 1.54) is 27.6 Å². The predicted molar refractivity (Wildman–Crippen MR) is 93.8 cm³/mol. The molecule has 112 valence electrons. The van der Waals surface area contributed by atoms with Crippen molar-refractivity contribution in [3.8, 4) is 11.1 Å². The van der Waals surface area contributed by atoms with Gasteiger partial charge in [0.1, 0.15) is 5.58 Å². The molecule has 1 heteroatoms. The van der Waals surface area contributed by atoms with E-state index in [-0.39, 0.29) is 0 Å². The summed E-state index contributed by atoms with van der Waals surface area (Å²) < 4.78 is 5.59. The van der Waals surface area contributed by atoms with Gasteiger partial charge in [-0.25, -0.2) is 0 Å². The minimum Gasteiger partial charge on any atom is -0.464 e. The number of hydrogen-bond acceptors (Lipinski definition) is 1. The lowest BCUT2D eigenvalue weighted by Crippen LogP contribution is -1.77. The van der Waals surface area contributed by atoms with Gasteiger partial charge in [-0.2, -0.15) is 0 Å². The molecule has 0 radical (unpaired) electrons. The second-order valence-electron chi connectivity index (χ2n) is 4.52. The normalized spacial score (nSPS) is 9.43. The maximum atomic E-state index is 5.59. The standard InChI is InChI=1S/C16H14O.2C2H6/c1-11-3-6-13(7-4-11)15-10-17-16-8-5-12(2)9-14(15)16;2*1-2/h3-10H,1-2H3;2*1-2H3. The van der Waals surface area contributed by atoms with Gasteiger partial charge >= 0.3 is 0 Å². The van der Waals surface area contributed by atoms with Crippen molar-refractivity contribution in [3.63, 3.8) is 0 Å². The summed E-state index contributed by atoms with van der Waals surface area (Å²) in [6.45, 7) is 12.2. The summed E-state index contributed by atoms with van der Waals surface area (Å²) in [7, 11) is 0. The first kappa shape index (κ1) is 17.0. The van der Waals surface area contributed by atoms with E-state index < -0.39 is 0 Å². The van der Waals surface area contributed by atoms with Gasteiger partial charge in [0, 0.05) is 10.9 Å². The Morgan fingerprint density at radius 2 is 1.29 bits per heavy atom. The fourth-order valence-electron chi connectivity index (χ4n) is 2.10. The van der Waals surface area contributed by atoms with Crippen LogP contribution >= 0.6 is 0 Å². The smallest absolute Gasteiger partial charge is 0.134 e. The van der Waals surface area contributed by atoms with Gasteiger partial charge in [-0.05, 0) is 31.5 Å². The Hall–Kier alpha value is -2.02. The SMILES string of the molecule is CC.CC.Cc1ccc(-c2coc3ccc(C)cc23)cc1. The Labute approximate surface area is 128 Å². The van der Waals surface area contributed by atoms with E-state index >= 15 is 0 Å². The van der Waals surface area contributed by atoms with Crippen molar-refractivity contribution < 1.29 is 4.42 Å². The van der Waals surface area contributed by atoms with Gasteiger partial charge in [0.05, 0.1) is 6.26 Å². The number of benzene rings is 2. The number of hydrogen-bond donors (Lipinski definition) is 0. The highest BCUT2D eigenvalue weighted by Gasteiger charge is 2.07. The molecule has 0 atom stereocenters.